The van der Waals surface area contributed by atoms with Gasteiger partial charge in [-0.05, 0) is 42.5 Å². The van der Waals surface area contributed by atoms with Gasteiger partial charge >= 0.3 is 11.7 Å². The standard InChI is InChI=1S/C25H24FN3O5/c1-2-28-23(31)21(22(27)29(25(28)33)13-15-6-4-3-5-7-15)20(30)14-34-24(32)19-12-18(19)16-8-10-17(26)11-9-16/h3-11,18-19H,2,12-14,27H2,1H3. The number of carbonyl (C=O) groups is 2. The van der Waals surface area contributed by atoms with Gasteiger partial charge in [0.1, 0.15) is 17.2 Å². The lowest BCUT2D eigenvalue weighted by molar-refractivity contribution is -0.144. The van der Waals surface area contributed by atoms with E-state index in [9.17, 15) is 23.6 Å². The summed E-state index contributed by atoms with van der Waals surface area (Å²) in [5, 5.41) is 0. The molecular formula is C25H24FN3O5. The molecule has 0 radical (unpaired) electrons. The Morgan fingerprint density at radius 1 is 1.06 bits per heavy atom. The van der Waals surface area contributed by atoms with Crippen LogP contribution in [0.2, 0.25) is 0 Å². The number of ketones is 1. The molecule has 4 rings (SSSR count). The van der Waals surface area contributed by atoms with Crippen LogP contribution in [0.3, 0.4) is 0 Å². The molecule has 1 aliphatic carbocycles. The second kappa shape index (κ2) is 9.46. The van der Waals surface area contributed by atoms with Gasteiger partial charge in [-0.15, -0.1) is 0 Å². The molecule has 176 valence electrons. The van der Waals surface area contributed by atoms with Gasteiger partial charge < -0.3 is 10.5 Å². The average molecular weight is 465 g/mol. The monoisotopic (exact) mass is 465 g/mol. The minimum atomic E-state index is -0.814. The fourth-order valence-corrected chi connectivity index (χ4v) is 4.02. The molecule has 3 aromatic rings. The molecule has 0 saturated heterocycles. The maximum absolute atomic E-state index is 13.1. The second-order valence-electron chi connectivity index (χ2n) is 8.20. The number of carbonyl (C=O) groups excluding carboxylic acids is 2. The van der Waals surface area contributed by atoms with Crippen molar-refractivity contribution in [3.05, 3.63) is 97.9 Å². The molecule has 2 N–H and O–H groups in total. The molecular weight excluding hydrogens is 441 g/mol. The van der Waals surface area contributed by atoms with Gasteiger partial charge in [0.25, 0.3) is 5.56 Å². The highest BCUT2D eigenvalue weighted by atomic mass is 19.1. The van der Waals surface area contributed by atoms with Crippen LogP contribution < -0.4 is 17.0 Å². The van der Waals surface area contributed by atoms with Crippen molar-refractivity contribution in [1.29, 1.82) is 0 Å². The van der Waals surface area contributed by atoms with Crippen molar-refractivity contribution < 1.29 is 18.7 Å². The molecule has 1 heterocycles. The molecule has 0 amide bonds. The summed E-state index contributed by atoms with van der Waals surface area (Å²) in [6.45, 7) is 1.07. The van der Waals surface area contributed by atoms with Crippen molar-refractivity contribution >= 4 is 17.6 Å². The zero-order chi connectivity index (χ0) is 24.4. The number of Topliss-reactive ketones (excluding diaryl/α,β-unsaturated/α-hetero) is 1. The molecule has 1 fully saturated rings. The van der Waals surface area contributed by atoms with E-state index in [-0.39, 0.29) is 36.2 Å². The summed E-state index contributed by atoms with van der Waals surface area (Å²) in [5.41, 5.74) is 5.87. The summed E-state index contributed by atoms with van der Waals surface area (Å²) in [7, 11) is 0. The van der Waals surface area contributed by atoms with Crippen molar-refractivity contribution in [3.63, 3.8) is 0 Å². The molecule has 34 heavy (non-hydrogen) atoms. The van der Waals surface area contributed by atoms with Gasteiger partial charge in [-0.3, -0.25) is 23.5 Å². The van der Waals surface area contributed by atoms with Crippen LogP contribution in [-0.4, -0.2) is 27.5 Å². The molecule has 8 nitrogen and oxygen atoms in total. The number of hydrogen-bond acceptors (Lipinski definition) is 6. The van der Waals surface area contributed by atoms with E-state index in [2.05, 4.69) is 0 Å². The van der Waals surface area contributed by atoms with Crippen LogP contribution >= 0.6 is 0 Å². The first-order chi connectivity index (χ1) is 16.3. The summed E-state index contributed by atoms with van der Waals surface area (Å²) in [6.07, 6.45) is 0.533. The molecule has 1 aromatic heterocycles. The van der Waals surface area contributed by atoms with E-state index in [1.807, 2.05) is 6.07 Å². The minimum Gasteiger partial charge on any atom is -0.457 e. The van der Waals surface area contributed by atoms with Crippen molar-refractivity contribution in [2.45, 2.75) is 32.4 Å². The Hall–Kier alpha value is -4.01. The maximum Gasteiger partial charge on any atom is 0.332 e. The third-order valence-electron chi connectivity index (χ3n) is 5.98. The van der Waals surface area contributed by atoms with Crippen LogP contribution in [0.5, 0.6) is 0 Å². The lowest BCUT2D eigenvalue weighted by Gasteiger charge is -2.16. The summed E-state index contributed by atoms with van der Waals surface area (Å²) < 4.78 is 20.4. The number of nitrogen functional groups attached to an aromatic ring is 1. The number of benzene rings is 2. The molecule has 0 aliphatic heterocycles. The first-order valence-corrected chi connectivity index (χ1v) is 10.9. The number of nitrogens with two attached hydrogens (primary N) is 1. The van der Waals surface area contributed by atoms with Gasteiger partial charge in [-0.25, -0.2) is 9.18 Å². The van der Waals surface area contributed by atoms with E-state index in [1.165, 1.54) is 16.7 Å². The number of ether oxygens (including phenoxy) is 1. The van der Waals surface area contributed by atoms with Crippen molar-refractivity contribution in [2.75, 3.05) is 12.3 Å². The van der Waals surface area contributed by atoms with Crippen LogP contribution in [0, 0.1) is 11.7 Å². The fourth-order valence-electron chi connectivity index (χ4n) is 4.02. The predicted octanol–water partition coefficient (Wildman–Crippen LogP) is 2.33. The Balaban J connectivity index is 1.52. The summed E-state index contributed by atoms with van der Waals surface area (Å²) >= 11 is 0. The summed E-state index contributed by atoms with van der Waals surface area (Å²) in [5.74, 6) is -2.51. The van der Waals surface area contributed by atoms with E-state index in [0.29, 0.717) is 6.42 Å². The predicted molar refractivity (Wildman–Crippen MR) is 123 cm³/mol. The molecule has 0 bridgehead atoms. The molecule has 2 unspecified atom stereocenters. The maximum atomic E-state index is 13.1. The van der Waals surface area contributed by atoms with E-state index >= 15 is 0 Å². The molecule has 2 atom stereocenters. The molecule has 1 aliphatic rings. The number of hydrogen-bond donors (Lipinski definition) is 1. The summed E-state index contributed by atoms with van der Waals surface area (Å²) in [4.78, 5) is 50.9. The highest BCUT2D eigenvalue weighted by molar-refractivity contribution is 6.01. The van der Waals surface area contributed by atoms with E-state index in [4.69, 9.17) is 10.5 Å². The Kier molecular flexibility index (Phi) is 6.45. The van der Waals surface area contributed by atoms with E-state index in [0.717, 1.165) is 15.7 Å². The van der Waals surface area contributed by atoms with Crippen LogP contribution in [0.15, 0.2) is 64.2 Å². The molecule has 2 aromatic carbocycles. The third kappa shape index (κ3) is 4.54. The number of anilines is 1. The number of halogens is 1. The zero-order valence-corrected chi connectivity index (χ0v) is 18.6. The van der Waals surface area contributed by atoms with Gasteiger partial charge in [0, 0.05) is 6.54 Å². The summed E-state index contributed by atoms with van der Waals surface area (Å²) in [6, 6.07) is 14.9. The van der Waals surface area contributed by atoms with Gasteiger partial charge in [0.15, 0.2) is 6.61 Å². The Morgan fingerprint density at radius 2 is 1.74 bits per heavy atom. The second-order valence-corrected chi connectivity index (χ2v) is 8.20. The highest BCUT2D eigenvalue weighted by Gasteiger charge is 2.45. The van der Waals surface area contributed by atoms with Crippen LogP contribution in [0.1, 0.15) is 40.7 Å². The van der Waals surface area contributed by atoms with Crippen molar-refractivity contribution in [3.8, 4) is 0 Å². The van der Waals surface area contributed by atoms with Crippen LogP contribution in [0.4, 0.5) is 10.2 Å². The van der Waals surface area contributed by atoms with Gasteiger partial charge in [0.2, 0.25) is 5.78 Å². The minimum absolute atomic E-state index is 0.0498. The van der Waals surface area contributed by atoms with E-state index in [1.54, 1.807) is 43.3 Å². The molecule has 0 spiro atoms. The topological polar surface area (TPSA) is 113 Å². The number of aromatic nitrogens is 2. The number of nitrogens with zero attached hydrogens (tertiary/aromatic N) is 2. The fraction of sp³-hybridized carbons (Fsp3) is 0.280. The quantitative estimate of drug-likeness (QED) is 0.404. The van der Waals surface area contributed by atoms with Crippen molar-refractivity contribution in [1.82, 2.24) is 9.13 Å². The smallest absolute Gasteiger partial charge is 0.332 e. The Bertz CT molecular complexity index is 1350. The lowest BCUT2D eigenvalue weighted by atomic mass is 10.1. The average Bonchev–Trinajstić information content (AvgIpc) is 3.63. The number of esters is 1. The molecule has 9 heteroatoms. The van der Waals surface area contributed by atoms with Gasteiger partial charge in [-0.2, -0.15) is 0 Å². The third-order valence-corrected chi connectivity index (χ3v) is 5.98. The SMILES string of the molecule is CCn1c(=O)c(C(=O)COC(=O)C2CC2c2ccc(F)cc2)c(N)n(Cc2ccccc2)c1=O. The van der Waals surface area contributed by atoms with Crippen LogP contribution in [0.25, 0.3) is 0 Å². The lowest BCUT2D eigenvalue weighted by Crippen LogP contribution is -2.44. The normalized spacial score (nSPS) is 16.8. The largest absolute Gasteiger partial charge is 0.457 e. The highest BCUT2D eigenvalue weighted by Crippen LogP contribution is 2.48. The molecule has 1 saturated carbocycles. The Labute approximate surface area is 194 Å². The first-order valence-electron chi connectivity index (χ1n) is 10.9. The Morgan fingerprint density at radius 3 is 2.38 bits per heavy atom. The van der Waals surface area contributed by atoms with Gasteiger partial charge in [-0.1, -0.05) is 42.5 Å². The van der Waals surface area contributed by atoms with E-state index < -0.39 is 35.5 Å². The first kappa shape index (κ1) is 23.2. The number of rotatable bonds is 8. The van der Waals surface area contributed by atoms with Crippen LogP contribution in [-0.2, 0) is 22.6 Å². The zero-order valence-electron chi connectivity index (χ0n) is 18.6. The van der Waals surface area contributed by atoms with Gasteiger partial charge in [0.05, 0.1) is 12.5 Å². The van der Waals surface area contributed by atoms with Crippen molar-refractivity contribution in [2.24, 2.45) is 5.92 Å².